The summed E-state index contributed by atoms with van der Waals surface area (Å²) in [6, 6.07) is 5.70. The van der Waals surface area contributed by atoms with E-state index in [1.54, 1.807) is 0 Å². The number of aromatic nitrogens is 1. The number of aromatic amines is 1. The number of halogens is 2. The summed E-state index contributed by atoms with van der Waals surface area (Å²) < 4.78 is 13.0. The zero-order chi connectivity index (χ0) is 12.6. The molecular weight excluding hydrogens is 245 g/mol. The lowest BCUT2D eigenvalue weighted by atomic mass is 10.1. The molecule has 0 atom stereocenters. The molecule has 0 aliphatic heterocycles. The summed E-state index contributed by atoms with van der Waals surface area (Å²) in [4.78, 5) is 13.8. The van der Waals surface area contributed by atoms with Crippen molar-refractivity contribution in [2.75, 3.05) is 5.73 Å². The largest absolute Gasteiger partial charge is 0.385 e. The molecule has 1 amide bonds. The Morgan fingerprint density at radius 2 is 2.06 bits per heavy atom. The van der Waals surface area contributed by atoms with Gasteiger partial charge in [-0.3, -0.25) is 4.79 Å². The van der Waals surface area contributed by atoms with E-state index in [0.717, 1.165) is 0 Å². The van der Waals surface area contributed by atoms with Crippen molar-refractivity contribution in [2.45, 2.75) is 0 Å². The lowest BCUT2D eigenvalue weighted by Crippen LogP contribution is -2.11. The van der Waals surface area contributed by atoms with Crippen molar-refractivity contribution in [3.63, 3.8) is 0 Å². The summed E-state index contributed by atoms with van der Waals surface area (Å²) in [6.07, 6.45) is 0. The normalized spacial score (nSPS) is 10.5. The SMILES string of the molecule is NC(=O)c1cc(-c2ccc(F)c(Cl)c2)[nH]c1N. The molecule has 4 nitrogen and oxygen atoms in total. The Labute approximate surface area is 101 Å². The quantitative estimate of drug-likeness (QED) is 0.766. The van der Waals surface area contributed by atoms with Gasteiger partial charge < -0.3 is 16.5 Å². The minimum Gasteiger partial charge on any atom is -0.385 e. The first-order valence-electron chi connectivity index (χ1n) is 4.72. The predicted octanol–water partition coefficient (Wildman–Crippen LogP) is 2.16. The number of carbonyl (C=O) groups is 1. The van der Waals surface area contributed by atoms with Gasteiger partial charge in [0, 0.05) is 5.69 Å². The first kappa shape index (κ1) is 11.5. The van der Waals surface area contributed by atoms with Gasteiger partial charge in [-0.15, -0.1) is 0 Å². The monoisotopic (exact) mass is 253 g/mol. The predicted molar refractivity (Wildman–Crippen MR) is 64.1 cm³/mol. The van der Waals surface area contributed by atoms with Crippen LogP contribution >= 0.6 is 11.6 Å². The molecule has 0 saturated carbocycles. The number of benzene rings is 1. The Morgan fingerprint density at radius 1 is 1.35 bits per heavy atom. The van der Waals surface area contributed by atoms with Crippen LogP contribution in [0, 0.1) is 5.82 Å². The molecular formula is C11H9ClFN3O. The molecule has 0 aliphatic carbocycles. The van der Waals surface area contributed by atoms with E-state index in [-0.39, 0.29) is 16.4 Å². The van der Waals surface area contributed by atoms with Crippen LogP contribution in [0.15, 0.2) is 24.3 Å². The first-order chi connectivity index (χ1) is 7.99. The molecule has 0 fully saturated rings. The number of hydrogen-bond donors (Lipinski definition) is 3. The van der Waals surface area contributed by atoms with Gasteiger partial charge in [-0.05, 0) is 29.8 Å². The molecule has 2 rings (SSSR count). The van der Waals surface area contributed by atoms with E-state index in [9.17, 15) is 9.18 Å². The van der Waals surface area contributed by atoms with Gasteiger partial charge in [-0.1, -0.05) is 11.6 Å². The van der Waals surface area contributed by atoms with E-state index in [1.807, 2.05) is 0 Å². The number of rotatable bonds is 2. The molecule has 17 heavy (non-hydrogen) atoms. The molecule has 5 N–H and O–H groups in total. The molecule has 88 valence electrons. The Hall–Kier alpha value is -2.01. The maximum Gasteiger partial charge on any atom is 0.252 e. The second-order valence-electron chi connectivity index (χ2n) is 3.50. The van der Waals surface area contributed by atoms with E-state index in [2.05, 4.69) is 4.98 Å². The fourth-order valence-electron chi connectivity index (χ4n) is 1.49. The Balaban J connectivity index is 2.50. The van der Waals surface area contributed by atoms with E-state index in [4.69, 9.17) is 23.1 Å². The lowest BCUT2D eigenvalue weighted by Gasteiger charge is -1.99. The molecule has 1 aromatic heterocycles. The number of H-pyrrole nitrogens is 1. The van der Waals surface area contributed by atoms with E-state index >= 15 is 0 Å². The van der Waals surface area contributed by atoms with E-state index < -0.39 is 11.7 Å². The minimum absolute atomic E-state index is 0.00343. The lowest BCUT2D eigenvalue weighted by molar-refractivity contribution is 0.100. The second-order valence-corrected chi connectivity index (χ2v) is 3.91. The van der Waals surface area contributed by atoms with Crippen molar-refractivity contribution in [3.05, 3.63) is 40.7 Å². The highest BCUT2D eigenvalue weighted by Crippen LogP contribution is 2.26. The number of anilines is 1. The zero-order valence-corrected chi connectivity index (χ0v) is 9.38. The van der Waals surface area contributed by atoms with Crippen molar-refractivity contribution in [3.8, 4) is 11.3 Å². The number of nitrogen functional groups attached to an aromatic ring is 1. The van der Waals surface area contributed by atoms with Crippen molar-refractivity contribution in [1.29, 1.82) is 0 Å². The number of nitrogens with two attached hydrogens (primary N) is 2. The molecule has 0 radical (unpaired) electrons. The molecule has 0 bridgehead atoms. The zero-order valence-electron chi connectivity index (χ0n) is 8.63. The third-order valence-electron chi connectivity index (χ3n) is 2.34. The molecule has 0 saturated heterocycles. The molecule has 0 aliphatic rings. The first-order valence-corrected chi connectivity index (χ1v) is 5.10. The summed E-state index contributed by atoms with van der Waals surface area (Å²) in [5.41, 5.74) is 12.1. The summed E-state index contributed by atoms with van der Waals surface area (Å²) in [5.74, 6) is -0.962. The fourth-order valence-corrected chi connectivity index (χ4v) is 1.67. The van der Waals surface area contributed by atoms with Crippen LogP contribution in [0.4, 0.5) is 10.2 Å². The second kappa shape index (κ2) is 4.10. The van der Waals surface area contributed by atoms with Gasteiger partial charge in [0.05, 0.1) is 10.6 Å². The van der Waals surface area contributed by atoms with Gasteiger partial charge in [-0.2, -0.15) is 0 Å². The summed E-state index contributed by atoms with van der Waals surface area (Å²) in [6.45, 7) is 0. The highest BCUT2D eigenvalue weighted by molar-refractivity contribution is 6.31. The smallest absolute Gasteiger partial charge is 0.252 e. The van der Waals surface area contributed by atoms with Gasteiger partial charge in [0.2, 0.25) is 0 Å². The number of carbonyl (C=O) groups excluding carboxylic acids is 1. The van der Waals surface area contributed by atoms with Gasteiger partial charge in [0.25, 0.3) is 5.91 Å². The molecule has 1 aromatic carbocycles. The van der Waals surface area contributed by atoms with Gasteiger partial charge in [0.1, 0.15) is 11.6 Å². The fraction of sp³-hybridized carbons (Fsp3) is 0. The Kier molecular flexibility index (Phi) is 2.77. The standard InChI is InChI=1S/C11H9ClFN3O/c12-7-3-5(1-2-8(7)13)9-4-6(11(15)17)10(14)16-9/h1-4,16H,14H2,(H2,15,17). The third kappa shape index (κ3) is 2.09. The molecule has 0 spiro atoms. The van der Waals surface area contributed by atoms with Crippen LogP contribution < -0.4 is 11.5 Å². The highest BCUT2D eigenvalue weighted by atomic mass is 35.5. The number of primary amides is 1. The molecule has 0 unspecified atom stereocenters. The summed E-state index contributed by atoms with van der Waals surface area (Å²) in [5, 5.41) is -0.00343. The maximum atomic E-state index is 13.0. The molecule has 2 aromatic rings. The van der Waals surface area contributed by atoms with Gasteiger partial charge >= 0.3 is 0 Å². The number of hydrogen-bond acceptors (Lipinski definition) is 2. The minimum atomic E-state index is -0.627. The third-order valence-corrected chi connectivity index (χ3v) is 2.63. The van der Waals surface area contributed by atoms with Crippen LogP contribution in [-0.2, 0) is 0 Å². The van der Waals surface area contributed by atoms with Crippen LogP contribution in [0.25, 0.3) is 11.3 Å². The summed E-state index contributed by atoms with van der Waals surface area (Å²) in [7, 11) is 0. The average molecular weight is 254 g/mol. The van der Waals surface area contributed by atoms with Crippen molar-refractivity contribution >= 4 is 23.3 Å². The van der Waals surface area contributed by atoms with E-state index in [1.165, 1.54) is 24.3 Å². The highest BCUT2D eigenvalue weighted by Gasteiger charge is 2.12. The average Bonchev–Trinajstić information content (AvgIpc) is 2.64. The van der Waals surface area contributed by atoms with Crippen molar-refractivity contribution < 1.29 is 9.18 Å². The molecule has 1 heterocycles. The Morgan fingerprint density at radius 3 is 2.59 bits per heavy atom. The van der Waals surface area contributed by atoms with Gasteiger partial charge in [0.15, 0.2) is 0 Å². The topological polar surface area (TPSA) is 84.9 Å². The van der Waals surface area contributed by atoms with Gasteiger partial charge in [-0.25, -0.2) is 4.39 Å². The maximum absolute atomic E-state index is 13.0. The van der Waals surface area contributed by atoms with Crippen LogP contribution in [0.5, 0.6) is 0 Å². The number of nitrogens with one attached hydrogen (secondary N) is 1. The Bertz CT molecular complexity index is 594. The van der Waals surface area contributed by atoms with Crippen LogP contribution in [0.2, 0.25) is 5.02 Å². The van der Waals surface area contributed by atoms with Crippen LogP contribution in [0.1, 0.15) is 10.4 Å². The number of amides is 1. The molecule has 6 heteroatoms. The van der Waals surface area contributed by atoms with Crippen molar-refractivity contribution in [2.24, 2.45) is 5.73 Å². The van der Waals surface area contributed by atoms with Crippen LogP contribution in [-0.4, -0.2) is 10.9 Å². The van der Waals surface area contributed by atoms with Crippen LogP contribution in [0.3, 0.4) is 0 Å². The van der Waals surface area contributed by atoms with Crippen molar-refractivity contribution in [1.82, 2.24) is 4.98 Å². The summed E-state index contributed by atoms with van der Waals surface area (Å²) >= 11 is 5.66. The van der Waals surface area contributed by atoms with E-state index in [0.29, 0.717) is 11.3 Å².